The third kappa shape index (κ3) is 1.88. The van der Waals surface area contributed by atoms with Crippen LogP contribution in [0.1, 0.15) is 38.2 Å². The number of likely N-dealkylation sites (N-methyl/N-ethyl adjacent to an activating group) is 1. The molecule has 2 aliphatic rings. The zero-order valence-electron chi connectivity index (χ0n) is 11.6. The van der Waals surface area contributed by atoms with Crippen LogP contribution in [0, 0.1) is 0 Å². The molecule has 1 unspecified atom stereocenters. The Labute approximate surface area is 110 Å². The molecule has 0 radical (unpaired) electrons. The summed E-state index contributed by atoms with van der Waals surface area (Å²) >= 11 is 0. The molecule has 0 amide bonds. The molecule has 1 heterocycles. The summed E-state index contributed by atoms with van der Waals surface area (Å²) in [5.74, 6) is 0. The van der Waals surface area contributed by atoms with Gasteiger partial charge in [-0.1, -0.05) is 43.2 Å². The molecular formula is C16H24N2. The Morgan fingerprint density at radius 1 is 1.11 bits per heavy atom. The van der Waals surface area contributed by atoms with Gasteiger partial charge in [0.15, 0.2) is 0 Å². The molecule has 0 bridgehead atoms. The van der Waals surface area contributed by atoms with Crippen LogP contribution in [0.3, 0.4) is 0 Å². The van der Waals surface area contributed by atoms with Crippen LogP contribution in [0.5, 0.6) is 0 Å². The van der Waals surface area contributed by atoms with E-state index in [4.69, 9.17) is 0 Å². The maximum atomic E-state index is 3.83. The van der Waals surface area contributed by atoms with Gasteiger partial charge in [-0.05, 0) is 32.4 Å². The quantitative estimate of drug-likeness (QED) is 0.817. The highest BCUT2D eigenvalue weighted by atomic mass is 15.3. The van der Waals surface area contributed by atoms with Crippen molar-refractivity contribution in [2.45, 2.75) is 43.7 Å². The average molecular weight is 244 g/mol. The second kappa shape index (κ2) is 4.36. The molecule has 1 saturated carbocycles. The van der Waals surface area contributed by atoms with E-state index >= 15 is 0 Å². The molecular weight excluding hydrogens is 220 g/mol. The molecule has 2 heteroatoms. The zero-order valence-corrected chi connectivity index (χ0v) is 11.6. The number of rotatable bonds is 1. The Kier molecular flexibility index (Phi) is 2.95. The van der Waals surface area contributed by atoms with Gasteiger partial charge in [0, 0.05) is 18.6 Å². The molecule has 1 aromatic rings. The summed E-state index contributed by atoms with van der Waals surface area (Å²) in [7, 11) is 2.31. The minimum Gasteiger partial charge on any atom is -0.305 e. The van der Waals surface area contributed by atoms with Gasteiger partial charge in [-0.3, -0.25) is 4.90 Å². The predicted octanol–water partition coefficient (Wildman–Crippen LogP) is 2.75. The molecule has 1 N–H and O–H groups in total. The minimum atomic E-state index is 0.101. The topological polar surface area (TPSA) is 15.3 Å². The lowest BCUT2D eigenvalue weighted by Crippen LogP contribution is -2.65. The maximum Gasteiger partial charge on any atom is 0.0535 e. The van der Waals surface area contributed by atoms with Crippen molar-refractivity contribution in [2.24, 2.45) is 0 Å². The molecule has 1 aliphatic heterocycles. The van der Waals surface area contributed by atoms with Crippen LogP contribution in [0.25, 0.3) is 0 Å². The van der Waals surface area contributed by atoms with Crippen molar-refractivity contribution in [2.75, 3.05) is 20.1 Å². The van der Waals surface area contributed by atoms with Gasteiger partial charge in [0.2, 0.25) is 0 Å². The second-order valence-electron chi connectivity index (χ2n) is 6.34. The Morgan fingerprint density at radius 2 is 1.78 bits per heavy atom. The van der Waals surface area contributed by atoms with Crippen molar-refractivity contribution in [3.63, 3.8) is 0 Å². The van der Waals surface area contributed by atoms with E-state index in [1.54, 1.807) is 0 Å². The van der Waals surface area contributed by atoms with Crippen molar-refractivity contribution in [3.05, 3.63) is 35.9 Å². The Balaban J connectivity index is 1.82. The average Bonchev–Trinajstić information content (AvgIpc) is 2.86. The van der Waals surface area contributed by atoms with Crippen LogP contribution in [0.4, 0.5) is 0 Å². The monoisotopic (exact) mass is 244 g/mol. The van der Waals surface area contributed by atoms with E-state index in [9.17, 15) is 0 Å². The van der Waals surface area contributed by atoms with E-state index in [2.05, 4.69) is 54.5 Å². The number of hydrogen-bond donors (Lipinski definition) is 1. The zero-order chi connectivity index (χ0) is 12.6. The van der Waals surface area contributed by atoms with E-state index < -0.39 is 0 Å². The molecule has 1 aliphatic carbocycles. The Bertz CT molecular complexity index is 408. The highest BCUT2D eigenvalue weighted by Crippen LogP contribution is 2.39. The van der Waals surface area contributed by atoms with Crippen molar-refractivity contribution in [3.8, 4) is 0 Å². The molecule has 1 spiro atoms. The Hall–Kier alpha value is -0.860. The normalized spacial score (nSPS) is 31.9. The lowest BCUT2D eigenvalue weighted by molar-refractivity contribution is 0.0343. The van der Waals surface area contributed by atoms with Gasteiger partial charge in [0.25, 0.3) is 0 Å². The van der Waals surface area contributed by atoms with Crippen LogP contribution in [0.2, 0.25) is 0 Å². The Morgan fingerprint density at radius 3 is 2.39 bits per heavy atom. The first-order valence-electron chi connectivity index (χ1n) is 7.17. The summed E-state index contributed by atoms with van der Waals surface area (Å²) in [5.41, 5.74) is 1.95. The van der Waals surface area contributed by atoms with Gasteiger partial charge < -0.3 is 5.32 Å². The van der Waals surface area contributed by atoms with Crippen molar-refractivity contribution in [1.29, 1.82) is 0 Å². The highest BCUT2D eigenvalue weighted by Gasteiger charge is 2.45. The fourth-order valence-electron chi connectivity index (χ4n) is 3.78. The molecule has 2 fully saturated rings. The number of nitrogens with one attached hydrogen (secondary N) is 1. The third-order valence-electron chi connectivity index (χ3n) is 5.12. The van der Waals surface area contributed by atoms with Crippen LogP contribution in [-0.4, -0.2) is 30.6 Å². The van der Waals surface area contributed by atoms with Crippen LogP contribution < -0.4 is 5.32 Å². The number of piperazine rings is 1. The molecule has 3 rings (SSSR count). The standard InChI is InChI=1S/C16H24N2/c1-15(14-8-4-3-5-9-14)13-18(2)16(12-17-15)10-6-7-11-16/h3-5,8-9,17H,6-7,10-13H2,1-2H3. The van der Waals surface area contributed by atoms with Crippen molar-refractivity contribution >= 4 is 0 Å². The lowest BCUT2D eigenvalue weighted by atomic mass is 9.83. The van der Waals surface area contributed by atoms with Gasteiger partial charge in [-0.25, -0.2) is 0 Å². The molecule has 1 atom stereocenters. The summed E-state index contributed by atoms with van der Waals surface area (Å²) in [6.45, 7) is 4.58. The lowest BCUT2D eigenvalue weighted by Gasteiger charge is -2.51. The van der Waals surface area contributed by atoms with Gasteiger partial charge >= 0.3 is 0 Å². The van der Waals surface area contributed by atoms with Crippen LogP contribution in [0.15, 0.2) is 30.3 Å². The van der Waals surface area contributed by atoms with Crippen molar-refractivity contribution < 1.29 is 0 Å². The number of benzene rings is 1. The van der Waals surface area contributed by atoms with Crippen molar-refractivity contribution in [1.82, 2.24) is 10.2 Å². The van der Waals surface area contributed by atoms with Crippen LogP contribution in [-0.2, 0) is 5.54 Å². The molecule has 2 nitrogen and oxygen atoms in total. The summed E-state index contributed by atoms with van der Waals surface area (Å²) < 4.78 is 0. The van der Waals surface area contributed by atoms with E-state index in [1.165, 1.54) is 31.2 Å². The largest absolute Gasteiger partial charge is 0.305 e. The van der Waals surface area contributed by atoms with E-state index in [1.807, 2.05) is 0 Å². The van der Waals surface area contributed by atoms with Gasteiger partial charge in [0.05, 0.1) is 5.54 Å². The summed E-state index contributed by atoms with van der Waals surface area (Å²) in [6.07, 6.45) is 5.52. The number of nitrogens with zero attached hydrogens (tertiary/aromatic N) is 1. The maximum absolute atomic E-state index is 3.83. The van der Waals surface area contributed by atoms with Gasteiger partial charge in [-0.2, -0.15) is 0 Å². The molecule has 1 aromatic carbocycles. The minimum absolute atomic E-state index is 0.101. The fraction of sp³-hybridized carbons (Fsp3) is 0.625. The number of hydrogen-bond acceptors (Lipinski definition) is 2. The van der Waals surface area contributed by atoms with Gasteiger partial charge in [0.1, 0.15) is 0 Å². The van der Waals surface area contributed by atoms with Crippen LogP contribution >= 0.6 is 0 Å². The molecule has 0 aromatic heterocycles. The van der Waals surface area contributed by atoms with Gasteiger partial charge in [-0.15, -0.1) is 0 Å². The van der Waals surface area contributed by atoms with E-state index in [-0.39, 0.29) is 5.54 Å². The predicted molar refractivity (Wildman–Crippen MR) is 75.6 cm³/mol. The summed E-state index contributed by atoms with van der Waals surface area (Å²) in [4.78, 5) is 2.61. The fourth-order valence-corrected chi connectivity index (χ4v) is 3.78. The molecule has 18 heavy (non-hydrogen) atoms. The SMILES string of the molecule is CN1CC(C)(c2ccccc2)NCC12CCCC2. The molecule has 1 saturated heterocycles. The highest BCUT2D eigenvalue weighted by molar-refractivity contribution is 5.26. The first-order chi connectivity index (χ1) is 8.65. The third-order valence-corrected chi connectivity index (χ3v) is 5.12. The second-order valence-corrected chi connectivity index (χ2v) is 6.34. The van der Waals surface area contributed by atoms with E-state index in [0.717, 1.165) is 13.1 Å². The summed E-state index contributed by atoms with van der Waals surface area (Å²) in [5, 5.41) is 3.83. The smallest absolute Gasteiger partial charge is 0.0535 e. The molecule has 98 valence electrons. The van der Waals surface area contributed by atoms with E-state index in [0.29, 0.717) is 5.54 Å². The summed E-state index contributed by atoms with van der Waals surface area (Å²) in [6, 6.07) is 10.9. The first kappa shape index (κ1) is 12.2. The first-order valence-corrected chi connectivity index (χ1v) is 7.17.